The number of carbonyl (C=O) groups is 1. The van der Waals surface area contributed by atoms with E-state index < -0.39 is 11.9 Å². The van der Waals surface area contributed by atoms with Crippen LogP contribution in [0.25, 0.3) is 11.0 Å². The predicted molar refractivity (Wildman–Crippen MR) is 127 cm³/mol. The monoisotopic (exact) mass is 458 g/mol. The van der Waals surface area contributed by atoms with Crippen molar-refractivity contribution in [2.75, 3.05) is 11.5 Å². The molecule has 5 rings (SSSR count). The summed E-state index contributed by atoms with van der Waals surface area (Å²) in [6.45, 7) is 5.87. The third kappa shape index (κ3) is 3.58. The minimum Gasteiger partial charge on any atom is -0.490 e. The number of fused-ring (bicyclic) bond motifs is 2. The lowest BCUT2D eigenvalue weighted by Crippen LogP contribution is -2.30. The van der Waals surface area contributed by atoms with Crippen LogP contribution in [-0.2, 0) is 0 Å². The van der Waals surface area contributed by atoms with Gasteiger partial charge in [0, 0.05) is 10.7 Å². The smallest absolute Gasteiger partial charge is 0.296 e. The summed E-state index contributed by atoms with van der Waals surface area (Å²) in [6.07, 6.45) is 1.66. The molecule has 164 valence electrons. The van der Waals surface area contributed by atoms with Gasteiger partial charge in [-0.2, -0.15) is 0 Å². The fourth-order valence-corrected chi connectivity index (χ4v) is 4.23. The number of nitrogens with zero attached hydrogens (tertiary/aromatic N) is 2. The first-order valence-electron chi connectivity index (χ1n) is 10.3. The Hall–Kier alpha value is -3.90. The van der Waals surface area contributed by atoms with Crippen molar-refractivity contribution in [1.29, 1.82) is 0 Å². The average molecular weight is 459 g/mol. The van der Waals surface area contributed by atoms with Crippen LogP contribution in [0, 0.1) is 6.92 Å². The van der Waals surface area contributed by atoms with E-state index in [1.165, 1.54) is 4.90 Å². The number of rotatable bonds is 5. The Morgan fingerprint density at radius 1 is 1.15 bits per heavy atom. The molecular weight excluding hydrogens is 440 g/mol. The molecule has 0 saturated heterocycles. The highest BCUT2D eigenvalue weighted by molar-refractivity contribution is 6.31. The number of ether oxygens (including phenoxy) is 1. The highest BCUT2D eigenvalue weighted by Crippen LogP contribution is 2.41. The number of amides is 1. The van der Waals surface area contributed by atoms with E-state index in [0.29, 0.717) is 34.2 Å². The number of halogens is 1. The van der Waals surface area contributed by atoms with Gasteiger partial charge in [0.15, 0.2) is 5.43 Å². The number of carbonyl (C=O) groups excluding carboxylic acids is 1. The Morgan fingerprint density at radius 2 is 1.94 bits per heavy atom. The maximum atomic E-state index is 13.6. The minimum atomic E-state index is -0.713. The van der Waals surface area contributed by atoms with E-state index in [4.69, 9.17) is 20.8 Å². The highest BCUT2D eigenvalue weighted by Gasteiger charge is 2.44. The molecule has 0 bridgehead atoms. The van der Waals surface area contributed by atoms with Gasteiger partial charge >= 0.3 is 0 Å². The first kappa shape index (κ1) is 21.0. The number of aromatic nitrogens is 1. The summed E-state index contributed by atoms with van der Waals surface area (Å²) in [5, 5.41) is 0.737. The van der Waals surface area contributed by atoms with Gasteiger partial charge in [-0.05, 0) is 55.0 Å². The third-order valence-corrected chi connectivity index (χ3v) is 5.75. The third-order valence-electron chi connectivity index (χ3n) is 5.52. The van der Waals surface area contributed by atoms with E-state index >= 15 is 0 Å². The van der Waals surface area contributed by atoms with Crippen molar-refractivity contribution in [2.45, 2.75) is 13.0 Å². The summed E-state index contributed by atoms with van der Waals surface area (Å²) >= 11 is 6.14. The summed E-state index contributed by atoms with van der Waals surface area (Å²) in [4.78, 5) is 33.2. The largest absolute Gasteiger partial charge is 0.490 e. The molecule has 1 atom stereocenters. The summed E-state index contributed by atoms with van der Waals surface area (Å²) in [7, 11) is 0. The van der Waals surface area contributed by atoms with Crippen molar-refractivity contribution < 1.29 is 13.9 Å². The number of aryl methyl sites for hydroxylation is 1. The topological polar surface area (TPSA) is 72.6 Å². The average Bonchev–Trinajstić information content (AvgIpc) is 3.11. The second-order valence-electron chi connectivity index (χ2n) is 7.70. The number of hydrogen-bond acceptors (Lipinski definition) is 5. The standard InChI is InChI=1S/C26H19ClN2O4/c1-3-13-32-18-10-7-16(8-11-18)23-22-24(30)19-14-17(27)9-12-20(19)33-25(22)26(31)29(23)21-6-4-5-15(2)28-21/h3-12,14,23H,1,13H2,2H3. The second kappa shape index (κ2) is 8.22. The van der Waals surface area contributed by atoms with Crippen molar-refractivity contribution in [1.82, 2.24) is 4.98 Å². The normalized spacial score (nSPS) is 15.0. The highest BCUT2D eigenvalue weighted by atomic mass is 35.5. The maximum absolute atomic E-state index is 13.6. The SMILES string of the molecule is C=CCOc1ccc(C2c3c(oc4ccc(Cl)cc4c3=O)C(=O)N2c2cccc(C)n2)cc1. The Labute approximate surface area is 194 Å². The molecule has 2 aromatic heterocycles. The van der Waals surface area contributed by atoms with E-state index in [-0.39, 0.29) is 16.8 Å². The van der Waals surface area contributed by atoms with Gasteiger partial charge in [-0.3, -0.25) is 14.5 Å². The number of hydrogen-bond donors (Lipinski definition) is 0. The molecule has 6 nitrogen and oxygen atoms in total. The van der Waals surface area contributed by atoms with Gasteiger partial charge in [-0.15, -0.1) is 0 Å². The van der Waals surface area contributed by atoms with Crippen LogP contribution < -0.4 is 15.1 Å². The molecule has 0 saturated carbocycles. The lowest BCUT2D eigenvalue weighted by atomic mass is 9.98. The van der Waals surface area contributed by atoms with Crippen molar-refractivity contribution in [3.8, 4) is 5.75 Å². The van der Waals surface area contributed by atoms with Gasteiger partial charge in [0.2, 0.25) is 5.76 Å². The molecule has 0 spiro atoms. The van der Waals surface area contributed by atoms with Gasteiger partial charge < -0.3 is 9.15 Å². The van der Waals surface area contributed by atoms with Crippen LogP contribution in [0.2, 0.25) is 5.02 Å². The maximum Gasteiger partial charge on any atom is 0.296 e. The Morgan fingerprint density at radius 3 is 2.67 bits per heavy atom. The lowest BCUT2D eigenvalue weighted by Gasteiger charge is -2.24. The van der Waals surface area contributed by atoms with Crippen LogP contribution in [-0.4, -0.2) is 17.5 Å². The molecule has 33 heavy (non-hydrogen) atoms. The molecule has 0 aliphatic carbocycles. The van der Waals surface area contributed by atoms with Gasteiger partial charge in [-0.25, -0.2) is 4.98 Å². The fraction of sp³-hybridized carbons (Fsp3) is 0.115. The van der Waals surface area contributed by atoms with Gasteiger partial charge in [0.1, 0.15) is 23.8 Å². The van der Waals surface area contributed by atoms with Crippen molar-refractivity contribution in [2.24, 2.45) is 0 Å². The predicted octanol–water partition coefficient (Wildman–Crippen LogP) is 5.46. The molecule has 7 heteroatoms. The van der Waals surface area contributed by atoms with Crippen molar-refractivity contribution in [3.63, 3.8) is 0 Å². The molecule has 1 aliphatic rings. The molecule has 0 N–H and O–H groups in total. The Kier molecular flexibility index (Phi) is 5.23. The Balaban J connectivity index is 1.73. The van der Waals surface area contributed by atoms with Crippen LogP contribution in [0.5, 0.6) is 5.75 Å². The molecule has 4 aromatic rings. The van der Waals surface area contributed by atoms with Crippen LogP contribution >= 0.6 is 11.6 Å². The zero-order valence-electron chi connectivity index (χ0n) is 17.7. The van der Waals surface area contributed by atoms with Gasteiger partial charge in [-0.1, -0.05) is 42.5 Å². The van der Waals surface area contributed by atoms with E-state index in [0.717, 1.165) is 11.3 Å². The molecule has 0 radical (unpaired) electrons. The van der Waals surface area contributed by atoms with Crippen LogP contribution in [0.3, 0.4) is 0 Å². The summed E-state index contributed by atoms with van der Waals surface area (Å²) in [6, 6.07) is 16.7. The molecular formula is C26H19ClN2O4. The van der Waals surface area contributed by atoms with E-state index in [2.05, 4.69) is 11.6 Å². The van der Waals surface area contributed by atoms with E-state index in [1.807, 2.05) is 31.2 Å². The van der Waals surface area contributed by atoms with Gasteiger partial charge in [0.05, 0.1) is 17.0 Å². The van der Waals surface area contributed by atoms with Crippen molar-refractivity contribution in [3.05, 3.63) is 111 Å². The molecule has 0 fully saturated rings. The van der Waals surface area contributed by atoms with Crippen LogP contribution in [0.15, 0.2) is 82.5 Å². The van der Waals surface area contributed by atoms with Gasteiger partial charge in [0.25, 0.3) is 5.91 Å². The minimum absolute atomic E-state index is 0.00936. The van der Waals surface area contributed by atoms with E-state index in [9.17, 15) is 9.59 Å². The Bertz CT molecular complexity index is 1460. The quantitative estimate of drug-likeness (QED) is 0.371. The van der Waals surface area contributed by atoms with E-state index in [1.54, 1.807) is 42.5 Å². The first-order chi connectivity index (χ1) is 16.0. The molecule has 2 aromatic carbocycles. The zero-order valence-corrected chi connectivity index (χ0v) is 18.5. The number of benzene rings is 2. The first-order valence-corrected chi connectivity index (χ1v) is 10.7. The lowest BCUT2D eigenvalue weighted by molar-refractivity contribution is 0.0970. The number of anilines is 1. The van der Waals surface area contributed by atoms with Crippen LogP contribution in [0.1, 0.15) is 33.4 Å². The van der Waals surface area contributed by atoms with Crippen LogP contribution in [0.4, 0.5) is 5.82 Å². The summed E-state index contributed by atoms with van der Waals surface area (Å²) in [5.74, 6) is 0.676. The zero-order chi connectivity index (χ0) is 23.1. The summed E-state index contributed by atoms with van der Waals surface area (Å²) < 4.78 is 11.5. The molecule has 1 aliphatic heterocycles. The fourth-order valence-electron chi connectivity index (χ4n) is 4.06. The molecule has 3 heterocycles. The number of pyridine rings is 1. The van der Waals surface area contributed by atoms with Crippen molar-refractivity contribution >= 4 is 34.3 Å². The molecule has 1 amide bonds. The summed E-state index contributed by atoms with van der Waals surface area (Å²) in [5.41, 5.74) is 1.75. The molecule has 1 unspecified atom stereocenters. The second-order valence-corrected chi connectivity index (χ2v) is 8.13.